The summed E-state index contributed by atoms with van der Waals surface area (Å²) in [5.74, 6) is 0.618. The number of halogens is 1. The molecule has 0 saturated carbocycles. The van der Waals surface area contributed by atoms with Crippen LogP contribution in [0.5, 0.6) is 5.88 Å². The van der Waals surface area contributed by atoms with Crippen LogP contribution < -0.4 is 9.64 Å². The van der Waals surface area contributed by atoms with E-state index in [0.717, 1.165) is 48.6 Å². The van der Waals surface area contributed by atoms with E-state index in [0.29, 0.717) is 24.1 Å². The Hall–Kier alpha value is -2.36. The van der Waals surface area contributed by atoms with Gasteiger partial charge in [-0.1, -0.05) is 23.7 Å². The highest BCUT2D eigenvalue weighted by Crippen LogP contribution is 2.34. The number of morpholine rings is 1. The van der Waals surface area contributed by atoms with E-state index in [9.17, 15) is 0 Å². The number of benzene rings is 1. The second-order valence-electron chi connectivity index (χ2n) is 8.56. The monoisotopic (exact) mass is 471 g/mol. The maximum Gasteiger partial charge on any atom is 0.193 e. The maximum atomic E-state index is 6.61. The van der Waals surface area contributed by atoms with Crippen molar-refractivity contribution in [3.63, 3.8) is 0 Å². The van der Waals surface area contributed by atoms with E-state index in [2.05, 4.69) is 34.1 Å². The van der Waals surface area contributed by atoms with Crippen LogP contribution in [0.15, 0.2) is 36.4 Å². The highest BCUT2D eigenvalue weighted by atomic mass is 35.5. The summed E-state index contributed by atoms with van der Waals surface area (Å²) in [5.41, 5.74) is 4.51. The molecule has 9 heteroatoms. The summed E-state index contributed by atoms with van der Waals surface area (Å²) in [6, 6.07) is 12.1. The van der Waals surface area contributed by atoms with E-state index in [4.69, 9.17) is 40.3 Å². The number of pyridine rings is 1. The Balaban J connectivity index is 1.21. The number of anilines is 1. The Morgan fingerprint density at radius 3 is 2.52 bits per heavy atom. The lowest BCUT2D eigenvalue weighted by Crippen LogP contribution is -2.36. The molecule has 0 amide bonds. The number of ether oxygens (including phenoxy) is 5. The molecule has 1 aromatic carbocycles. The van der Waals surface area contributed by atoms with Gasteiger partial charge in [0.15, 0.2) is 12.0 Å². The second-order valence-corrected chi connectivity index (χ2v) is 8.97. The molecule has 174 valence electrons. The number of H-pyrrole nitrogens is 1. The molecule has 1 N–H and O–H groups in total. The summed E-state index contributed by atoms with van der Waals surface area (Å²) in [6.45, 7) is 4.31. The van der Waals surface area contributed by atoms with E-state index in [1.54, 1.807) is 7.11 Å². The molecule has 3 aromatic rings. The first-order valence-corrected chi connectivity index (χ1v) is 11.6. The van der Waals surface area contributed by atoms with E-state index >= 15 is 0 Å². The molecule has 0 aliphatic carbocycles. The van der Waals surface area contributed by atoms with Gasteiger partial charge in [-0.2, -0.15) is 0 Å². The van der Waals surface area contributed by atoms with Crippen LogP contribution in [0.25, 0.3) is 22.3 Å². The minimum Gasteiger partial charge on any atom is -0.470 e. The number of aromatic nitrogens is 2. The largest absolute Gasteiger partial charge is 0.470 e. The fraction of sp³-hybridized carbons (Fsp3) is 0.458. The Morgan fingerprint density at radius 2 is 1.76 bits per heavy atom. The van der Waals surface area contributed by atoms with Gasteiger partial charge in [0.05, 0.1) is 48.2 Å². The number of methoxy groups -OCH3 is 1. The van der Waals surface area contributed by atoms with E-state index < -0.39 is 0 Å². The molecule has 3 fully saturated rings. The molecule has 6 rings (SSSR count). The minimum atomic E-state index is -0.203. The van der Waals surface area contributed by atoms with Crippen LogP contribution in [-0.2, 0) is 18.9 Å². The molecule has 3 saturated heterocycles. The number of fused-ring (bicyclic) bond motifs is 2. The Bertz CT molecular complexity index is 1130. The van der Waals surface area contributed by atoms with Crippen LogP contribution in [0.2, 0.25) is 5.02 Å². The number of nitrogens with zero attached hydrogens (tertiary/aromatic N) is 2. The number of hydrogen-bond donors (Lipinski definition) is 1. The van der Waals surface area contributed by atoms with Crippen LogP contribution in [-0.4, -0.2) is 81.0 Å². The van der Waals surface area contributed by atoms with Crippen molar-refractivity contribution in [3.05, 3.63) is 41.4 Å². The van der Waals surface area contributed by atoms with Crippen LogP contribution in [0.3, 0.4) is 0 Å². The van der Waals surface area contributed by atoms with Gasteiger partial charge in [0.1, 0.15) is 18.3 Å². The fourth-order valence-corrected chi connectivity index (χ4v) is 5.08. The summed E-state index contributed by atoms with van der Waals surface area (Å²) >= 11 is 6.61. The Morgan fingerprint density at radius 1 is 1.03 bits per heavy atom. The van der Waals surface area contributed by atoms with Crippen LogP contribution in [0.1, 0.15) is 0 Å². The lowest BCUT2D eigenvalue weighted by molar-refractivity contribution is -0.0141. The van der Waals surface area contributed by atoms with Gasteiger partial charge in [0, 0.05) is 37.5 Å². The van der Waals surface area contributed by atoms with Crippen molar-refractivity contribution in [2.24, 2.45) is 0 Å². The first-order valence-electron chi connectivity index (χ1n) is 11.2. The van der Waals surface area contributed by atoms with Crippen molar-refractivity contribution < 1.29 is 23.7 Å². The SMILES string of the molecule is CO[C@@H]1CO[C@H]2C1OC[C@H]2Oc1cc2nc(-c3ccc(N4CCOCC4)cc3)c(Cl)cc2[nH]1. The molecular weight excluding hydrogens is 446 g/mol. The van der Waals surface area contributed by atoms with Crippen molar-refractivity contribution in [3.8, 4) is 17.1 Å². The van der Waals surface area contributed by atoms with Crippen molar-refractivity contribution in [1.29, 1.82) is 0 Å². The Labute approximate surface area is 196 Å². The summed E-state index contributed by atoms with van der Waals surface area (Å²) in [6.07, 6.45) is -0.489. The van der Waals surface area contributed by atoms with Gasteiger partial charge in [-0.25, -0.2) is 4.98 Å². The zero-order chi connectivity index (χ0) is 22.4. The van der Waals surface area contributed by atoms with Crippen molar-refractivity contribution in [2.75, 3.05) is 51.5 Å². The van der Waals surface area contributed by atoms with Crippen molar-refractivity contribution in [2.45, 2.75) is 24.4 Å². The number of hydrogen-bond acceptors (Lipinski definition) is 7. The molecule has 0 bridgehead atoms. The predicted octanol–water partition coefficient (Wildman–Crippen LogP) is 3.28. The third kappa shape index (κ3) is 3.96. The summed E-state index contributed by atoms with van der Waals surface area (Å²) < 4.78 is 28.8. The Kier molecular flexibility index (Phi) is 5.63. The third-order valence-corrected chi connectivity index (χ3v) is 6.88. The van der Waals surface area contributed by atoms with Crippen molar-refractivity contribution >= 4 is 28.3 Å². The summed E-state index contributed by atoms with van der Waals surface area (Å²) in [7, 11) is 1.68. The molecule has 8 nitrogen and oxygen atoms in total. The normalized spacial score (nSPS) is 27.3. The van der Waals surface area contributed by atoms with E-state index in [1.165, 1.54) is 5.69 Å². The minimum absolute atomic E-state index is 0.0519. The molecule has 2 aromatic heterocycles. The van der Waals surface area contributed by atoms with Crippen LogP contribution >= 0.6 is 11.6 Å². The van der Waals surface area contributed by atoms with Crippen molar-refractivity contribution in [1.82, 2.24) is 9.97 Å². The number of nitrogens with one attached hydrogen (secondary N) is 1. The lowest BCUT2D eigenvalue weighted by atomic mass is 10.1. The average molecular weight is 472 g/mol. The van der Waals surface area contributed by atoms with Gasteiger partial charge in [0.25, 0.3) is 0 Å². The van der Waals surface area contributed by atoms with Gasteiger partial charge < -0.3 is 33.6 Å². The first-order chi connectivity index (χ1) is 16.2. The van der Waals surface area contributed by atoms with E-state index in [-0.39, 0.29) is 24.4 Å². The van der Waals surface area contributed by atoms with Gasteiger partial charge in [-0.15, -0.1) is 0 Å². The smallest absolute Gasteiger partial charge is 0.193 e. The molecule has 33 heavy (non-hydrogen) atoms. The molecule has 0 spiro atoms. The summed E-state index contributed by atoms with van der Waals surface area (Å²) in [4.78, 5) is 10.4. The molecule has 1 unspecified atom stereocenters. The quantitative estimate of drug-likeness (QED) is 0.611. The molecule has 3 aliphatic heterocycles. The molecule has 5 heterocycles. The third-order valence-electron chi connectivity index (χ3n) is 6.59. The van der Waals surface area contributed by atoms with E-state index in [1.807, 2.05) is 12.1 Å². The van der Waals surface area contributed by atoms with Gasteiger partial charge >= 0.3 is 0 Å². The first kappa shape index (κ1) is 21.2. The van der Waals surface area contributed by atoms with Gasteiger partial charge in [0.2, 0.25) is 0 Å². The molecule has 0 radical (unpaired) electrons. The van der Waals surface area contributed by atoms with Crippen LogP contribution in [0, 0.1) is 0 Å². The zero-order valence-corrected chi connectivity index (χ0v) is 19.1. The topological polar surface area (TPSA) is 78.1 Å². The standard InChI is InChI=1S/C24H26ClN3O5/c1-29-19-12-31-24-20(13-32-23(19)24)33-21-11-18-17(26-21)10-16(25)22(27-18)14-2-4-15(5-3-14)28-6-8-30-9-7-28/h2-5,10-11,19-20,23-24,26H,6-9,12-13H2,1H3/t19-,20-,23?,24-/m1/s1. The second kappa shape index (κ2) is 8.77. The highest BCUT2D eigenvalue weighted by Gasteiger charge is 2.49. The van der Waals surface area contributed by atoms with Crippen LogP contribution in [0.4, 0.5) is 5.69 Å². The molecule has 3 aliphatic rings. The molecule has 4 atom stereocenters. The summed E-state index contributed by atoms with van der Waals surface area (Å²) in [5, 5.41) is 0.585. The number of rotatable bonds is 5. The fourth-order valence-electron chi connectivity index (χ4n) is 4.82. The van der Waals surface area contributed by atoms with Gasteiger partial charge in [-0.05, 0) is 18.2 Å². The highest BCUT2D eigenvalue weighted by molar-refractivity contribution is 6.33. The van der Waals surface area contributed by atoms with Gasteiger partial charge in [-0.3, -0.25) is 0 Å². The maximum absolute atomic E-state index is 6.61. The zero-order valence-electron chi connectivity index (χ0n) is 18.3. The molecular formula is C24H26ClN3O5. The predicted molar refractivity (Wildman–Crippen MR) is 124 cm³/mol. The number of aromatic amines is 1. The average Bonchev–Trinajstić information content (AvgIpc) is 3.55. The lowest BCUT2D eigenvalue weighted by Gasteiger charge is -2.28.